The van der Waals surface area contributed by atoms with Gasteiger partial charge in [0.1, 0.15) is 0 Å². The first-order valence-corrected chi connectivity index (χ1v) is 4.79. The Morgan fingerprint density at radius 2 is 2.29 bits per heavy atom. The molecule has 2 atom stereocenters. The van der Waals surface area contributed by atoms with Gasteiger partial charge in [-0.1, -0.05) is 6.92 Å². The zero-order chi connectivity index (χ0) is 11.0. The van der Waals surface area contributed by atoms with Crippen molar-refractivity contribution in [3.8, 4) is 0 Å². The van der Waals surface area contributed by atoms with E-state index in [0.29, 0.717) is 6.42 Å². The van der Waals surface area contributed by atoms with Crippen molar-refractivity contribution in [3.63, 3.8) is 0 Å². The van der Waals surface area contributed by atoms with Crippen LogP contribution in [0.15, 0.2) is 0 Å². The van der Waals surface area contributed by atoms with Crippen molar-refractivity contribution in [2.45, 2.75) is 31.9 Å². The minimum Gasteiger partial charge on any atom is -0.389 e. The first-order chi connectivity index (χ1) is 6.60. The lowest BCUT2D eigenvalue weighted by Gasteiger charge is -2.12. The van der Waals surface area contributed by atoms with E-state index in [-0.39, 0.29) is 25.1 Å². The molecule has 0 saturated carbocycles. The molecule has 0 spiro atoms. The molecule has 0 aliphatic rings. The molecule has 0 aliphatic heterocycles. The van der Waals surface area contributed by atoms with E-state index in [1.165, 1.54) is 7.11 Å². The number of hydrogen-bond acceptors (Lipinski definition) is 4. The third kappa shape index (κ3) is 6.82. The lowest BCUT2D eigenvalue weighted by Crippen LogP contribution is -2.37. The lowest BCUT2D eigenvalue weighted by atomic mass is 10.1. The van der Waals surface area contributed by atoms with Gasteiger partial charge in [0.25, 0.3) is 0 Å². The maximum Gasteiger partial charge on any atom is 0.221 e. The summed E-state index contributed by atoms with van der Waals surface area (Å²) in [6, 6.07) is -0.102. The molecule has 1 amide bonds. The molecule has 0 aromatic rings. The largest absolute Gasteiger partial charge is 0.389 e. The summed E-state index contributed by atoms with van der Waals surface area (Å²) in [6.07, 6.45) is 0.423. The highest BCUT2D eigenvalue weighted by Gasteiger charge is 2.09. The van der Waals surface area contributed by atoms with Crippen molar-refractivity contribution in [1.82, 2.24) is 5.32 Å². The molecule has 0 aliphatic carbocycles. The Morgan fingerprint density at radius 3 is 2.79 bits per heavy atom. The van der Waals surface area contributed by atoms with Crippen molar-refractivity contribution < 1.29 is 14.6 Å². The molecule has 0 rings (SSSR count). The smallest absolute Gasteiger partial charge is 0.221 e. The van der Waals surface area contributed by atoms with E-state index in [1.807, 2.05) is 6.92 Å². The topological polar surface area (TPSA) is 84.6 Å². The minimum absolute atomic E-state index is 0.102. The number of aliphatic hydroxyl groups is 1. The number of carbonyl (C=O) groups is 1. The van der Waals surface area contributed by atoms with Gasteiger partial charge in [-0.2, -0.15) is 0 Å². The molecule has 0 aromatic heterocycles. The van der Waals surface area contributed by atoms with Crippen molar-refractivity contribution in [1.29, 1.82) is 0 Å². The molecule has 0 bridgehead atoms. The van der Waals surface area contributed by atoms with E-state index in [2.05, 4.69) is 5.32 Å². The van der Waals surface area contributed by atoms with Crippen LogP contribution in [0.1, 0.15) is 19.8 Å². The average Bonchev–Trinajstić information content (AvgIpc) is 2.15. The molecule has 0 saturated heterocycles. The zero-order valence-corrected chi connectivity index (χ0v) is 8.82. The SMILES string of the molecule is CCC(N)CC(=O)NCC(O)COC. The second-order valence-electron chi connectivity index (χ2n) is 3.29. The van der Waals surface area contributed by atoms with Gasteiger partial charge in [0.2, 0.25) is 5.91 Å². The number of rotatable bonds is 7. The van der Waals surface area contributed by atoms with Crippen LogP contribution in [0.25, 0.3) is 0 Å². The average molecular weight is 204 g/mol. The van der Waals surface area contributed by atoms with E-state index in [0.717, 1.165) is 6.42 Å². The van der Waals surface area contributed by atoms with E-state index >= 15 is 0 Å². The molecule has 0 radical (unpaired) electrons. The van der Waals surface area contributed by atoms with Gasteiger partial charge in [-0.3, -0.25) is 4.79 Å². The zero-order valence-electron chi connectivity index (χ0n) is 8.82. The number of amides is 1. The van der Waals surface area contributed by atoms with Crippen LogP contribution in [0.2, 0.25) is 0 Å². The number of ether oxygens (including phenoxy) is 1. The minimum atomic E-state index is -0.651. The van der Waals surface area contributed by atoms with Crippen LogP contribution < -0.4 is 11.1 Å². The summed E-state index contributed by atoms with van der Waals surface area (Å²) in [6.45, 7) is 2.36. The summed E-state index contributed by atoms with van der Waals surface area (Å²) in [7, 11) is 1.50. The first kappa shape index (κ1) is 13.4. The molecule has 0 fully saturated rings. The lowest BCUT2D eigenvalue weighted by molar-refractivity contribution is -0.122. The van der Waals surface area contributed by atoms with Crippen LogP contribution in [0.5, 0.6) is 0 Å². The van der Waals surface area contributed by atoms with E-state index in [1.54, 1.807) is 0 Å². The second kappa shape index (κ2) is 7.73. The fourth-order valence-electron chi connectivity index (χ4n) is 0.938. The Morgan fingerprint density at radius 1 is 1.64 bits per heavy atom. The number of nitrogens with one attached hydrogen (secondary N) is 1. The number of aliphatic hydroxyl groups excluding tert-OH is 1. The van der Waals surface area contributed by atoms with Gasteiger partial charge >= 0.3 is 0 Å². The predicted molar refractivity (Wildman–Crippen MR) is 53.8 cm³/mol. The summed E-state index contributed by atoms with van der Waals surface area (Å²) in [5.41, 5.74) is 5.59. The molecule has 84 valence electrons. The quantitative estimate of drug-likeness (QED) is 0.509. The molecule has 2 unspecified atom stereocenters. The van der Waals surface area contributed by atoms with Gasteiger partial charge in [0.05, 0.1) is 12.7 Å². The van der Waals surface area contributed by atoms with Gasteiger partial charge in [0, 0.05) is 26.1 Å². The van der Waals surface area contributed by atoms with Crippen LogP contribution in [-0.2, 0) is 9.53 Å². The maximum absolute atomic E-state index is 11.2. The fourth-order valence-corrected chi connectivity index (χ4v) is 0.938. The molecule has 5 heteroatoms. The molecular weight excluding hydrogens is 184 g/mol. The molecular formula is C9H20N2O3. The fraction of sp³-hybridized carbons (Fsp3) is 0.889. The summed E-state index contributed by atoms with van der Waals surface area (Å²) in [5.74, 6) is -0.130. The highest BCUT2D eigenvalue weighted by molar-refractivity contribution is 5.76. The highest BCUT2D eigenvalue weighted by Crippen LogP contribution is 1.92. The van der Waals surface area contributed by atoms with Crippen LogP contribution in [0, 0.1) is 0 Å². The van der Waals surface area contributed by atoms with Gasteiger partial charge < -0.3 is 20.9 Å². The Balaban J connectivity index is 3.53. The monoisotopic (exact) mass is 204 g/mol. The Bertz CT molecular complexity index is 164. The Hall–Kier alpha value is -0.650. The normalized spacial score (nSPS) is 14.9. The van der Waals surface area contributed by atoms with Crippen molar-refractivity contribution in [2.75, 3.05) is 20.3 Å². The van der Waals surface area contributed by atoms with Crippen LogP contribution in [0.3, 0.4) is 0 Å². The molecule has 0 aromatic carbocycles. The van der Waals surface area contributed by atoms with Crippen LogP contribution in [-0.4, -0.2) is 43.4 Å². The van der Waals surface area contributed by atoms with Crippen LogP contribution in [0.4, 0.5) is 0 Å². The van der Waals surface area contributed by atoms with Crippen molar-refractivity contribution in [3.05, 3.63) is 0 Å². The number of methoxy groups -OCH3 is 1. The third-order valence-corrected chi connectivity index (χ3v) is 1.87. The van der Waals surface area contributed by atoms with E-state index < -0.39 is 6.10 Å². The number of hydrogen-bond donors (Lipinski definition) is 3. The summed E-state index contributed by atoms with van der Waals surface area (Å²) < 4.78 is 4.71. The predicted octanol–water partition coefficient (Wildman–Crippen LogP) is -0.763. The Labute approximate surface area is 84.6 Å². The van der Waals surface area contributed by atoms with Gasteiger partial charge in [0.15, 0.2) is 0 Å². The molecule has 4 N–H and O–H groups in total. The summed E-state index contributed by atoms with van der Waals surface area (Å²) in [5, 5.41) is 11.8. The second-order valence-corrected chi connectivity index (χ2v) is 3.29. The standard InChI is InChI=1S/C9H20N2O3/c1-3-7(10)4-9(13)11-5-8(12)6-14-2/h7-8,12H,3-6,10H2,1-2H3,(H,11,13). The highest BCUT2D eigenvalue weighted by atomic mass is 16.5. The van der Waals surface area contributed by atoms with Gasteiger partial charge in [-0.05, 0) is 6.42 Å². The molecule has 0 heterocycles. The van der Waals surface area contributed by atoms with Crippen LogP contribution >= 0.6 is 0 Å². The molecule has 5 nitrogen and oxygen atoms in total. The van der Waals surface area contributed by atoms with E-state index in [9.17, 15) is 9.90 Å². The van der Waals surface area contributed by atoms with E-state index in [4.69, 9.17) is 10.5 Å². The van der Waals surface area contributed by atoms with Gasteiger partial charge in [-0.15, -0.1) is 0 Å². The number of carbonyl (C=O) groups excluding carboxylic acids is 1. The first-order valence-electron chi connectivity index (χ1n) is 4.79. The van der Waals surface area contributed by atoms with Crippen molar-refractivity contribution >= 4 is 5.91 Å². The number of nitrogens with two attached hydrogens (primary N) is 1. The summed E-state index contributed by atoms with van der Waals surface area (Å²) in [4.78, 5) is 11.2. The Kier molecular flexibility index (Phi) is 7.37. The summed E-state index contributed by atoms with van der Waals surface area (Å²) >= 11 is 0. The third-order valence-electron chi connectivity index (χ3n) is 1.87. The maximum atomic E-state index is 11.2. The van der Waals surface area contributed by atoms with Crippen molar-refractivity contribution in [2.24, 2.45) is 5.73 Å². The van der Waals surface area contributed by atoms with Gasteiger partial charge in [-0.25, -0.2) is 0 Å². The molecule has 14 heavy (non-hydrogen) atoms.